The van der Waals surface area contributed by atoms with Gasteiger partial charge in [-0.25, -0.2) is 14.8 Å². The van der Waals surface area contributed by atoms with Crippen LogP contribution < -0.4 is 5.32 Å². The molecule has 0 aliphatic carbocycles. The molecule has 1 N–H and O–H groups in total. The highest BCUT2D eigenvalue weighted by atomic mass is 32.1. The van der Waals surface area contributed by atoms with Crippen LogP contribution in [0.1, 0.15) is 35.7 Å². The van der Waals surface area contributed by atoms with Crippen LogP contribution in [-0.4, -0.2) is 37.0 Å². The lowest BCUT2D eigenvalue weighted by atomic mass is 10.2. The number of nitrogens with one attached hydrogen (secondary N) is 1. The van der Waals surface area contributed by atoms with Gasteiger partial charge in [-0.1, -0.05) is 6.07 Å². The van der Waals surface area contributed by atoms with Crippen LogP contribution in [0, 0.1) is 6.92 Å². The van der Waals surface area contributed by atoms with Crippen molar-refractivity contribution in [2.24, 2.45) is 0 Å². The Morgan fingerprint density at radius 2 is 2.26 bits per heavy atom. The molecule has 3 aromatic rings. The summed E-state index contributed by atoms with van der Waals surface area (Å²) in [5.41, 5.74) is 1.98. The first-order chi connectivity index (χ1) is 13.1. The van der Waals surface area contributed by atoms with E-state index in [0.29, 0.717) is 13.1 Å². The molecular weight excluding hydrogens is 360 g/mol. The Balaban J connectivity index is 1.62. The smallest absolute Gasteiger partial charge is 0.318 e. The molecule has 1 atom stereocenters. The SMILES string of the molecule is Cc1csc(C(C)NC(=O)N(CCCn2ccnc2)Cc2cccnc2)n1. The molecule has 0 saturated heterocycles. The third-order valence-electron chi connectivity index (χ3n) is 4.13. The number of amides is 2. The fourth-order valence-corrected chi connectivity index (χ4v) is 3.54. The number of carbonyl (C=O) groups excluding carboxylic acids is 1. The number of nitrogens with zero attached hydrogens (tertiary/aromatic N) is 5. The van der Waals surface area contributed by atoms with E-state index in [1.807, 2.05) is 47.0 Å². The molecule has 3 aromatic heterocycles. The van der Waals surface area contributed by atoms with Gasteiger partial charge in [0.15, 0.2) is 0 Å². The van der Waals surface area contributed by atoms with Gasteiger partial charge in [-0.15, -0.1) is 11.3 Å². The Morgan fingerprint density at radius 3 is 2.93 bits per heavy atom. The Hall–Kier alpha value is -2.74. The molecule has 0 aromatic carbocycles. The monoisotopic (exact) mass is 384 g/mol. The van der Waals surface area contributed by atoms with E-state index in [1.54, 1.807) is 36.3 Å². The van der Waals surface area contributed by atoms with E-state index >= 15 is 0 Å². The molecule has 2 amide bonds. The number of aromatic nitrogens is 4. The lowest BCUT2D eigenvalue weighted by Gasteiger charge is -2.25. The van der Waals surface area contributed by atoms with Crippen molar-refractivity contribution in [3.63, 3.8) is 0 Å². The summed E-state index contributed by atoms with van der Waals surface area (Å²) < 4.78 is 2.02. The summed E-state index contributed by atoms with van der Waals surface area (Å²) in [6, 6.07) is 3.65. The summed E-state index contributed by atoms with van der Waals surface area (Å²) >= 11 is 1.57. The van der Waals surface area contributed by atoms with Crippen LogP contribution in [0.4, 0.5) is 4.79 Å². The first-order valence-corrected chi connectivity index (χ1v) is 9.82. The fraction of sp³-hybridized carbons (Fsp3) is 0.368. The highest BCUT2D eigenvalue weighted by Gasteiger charge is 2.18. The molecule has 0 bridgehead atoms. The molecule has 0 spiro atoms. The van der Waals surface area contributed by atoms with Crippen molar-refractivity contribution < 1.29 is 4.79 Å². The Morgan fingerprint density at radius 1 is 1.37 bits per heavy atom. The normalized spacial score (nSPS) is 11.9. The van der Waals surface area contributed by atoms with Gasteiger partial charge < -0.3 is 14.8 Å². The molecule has 3 heterocycles. The van der Waals surface area contributed by atoms with Crippen molar-refractivity contribution in [1.82, 2.24) is 29.7 Å². The second-order valence-corrected chi connectivity index (χ2v) is 7.32. The largest absolute Gasteiger partial charge is 0.337 e. The molecule has 1 unspecified atom stereocenters. The highest BCUT2D eigenvalue weighted by molar-refractivity contribution is 7.09. The van der Waals surface area contributed by atoms with E-state index in [2.05, 4.69) is 20.3 Å². The van der Waals surface area contributed by atoms with Gasteiger partial charge in [0, 0.05) is 55.5 Å². The second kappa shape index (κ2) is 9.27. The van der Waals surface area contributed by atoms with E-state index in [-0.39, 0.29) is 12.1 Å². The van der Waals surface area contributed by atoms with E-state index in [1.165, 1.54) is 0 Å². The molecule has 8 heteroatoms. The van der Waals surface area contributed by atoms with Crippen LogP contribution in [0.3, 0.4) is 0 Å². The number of urea groups is 1. The molecule has 0 fully saturated rings. The number of hydrogen-bond acceptors (Lipinski definition) is 5. The summed E-state index contributed by atoms with van der Waals surface area (Å²) in [5, 5.41) is 5.98. The summed E-state index contributed by atoms with van der Waals surface area (Å²) in [4.78, 5) is 27.4. The number of rotatable bonds is 8. The molecular formula is C19H24N6OS. The van der Waals surface area contributed by atoms with Gasteiger partial charge in [-0.3, -0.25) is 4.98 Å². The number of imidazole rings is 1. The molecule has 3 rings (SSSR count). The minimum Gasteiger partial charge on any atom is -0.337 e. The predicted molar refractivity (Wildman–Crippen MR) is 105 cm³/mol. The maximum Gasteiger partial charge on any atom is 0.318 e. The minimum absolute atomic E-state index is 0.0927. The average Bonchev–Trinajstić information content (AvgIpc) is 3.33. The van der Waals surface area contributed by atoms with Gasteiger partial charge in [0.2, 0.25) is 0 Å². The van der Waals surface area contributed by atoms with Crippen molar-refractivity contribution in [2.45, 2.75) is 39.4 Å². The summed E-state index contributed by atoms with van der Waals surface area (Å²) in [5.74, 6) is 0. The quantitative estimate of drug-likeness (QED) is 0.646. The summed E-state index contributed by atoms with van der Waals surface area (Å²) in [6.45, 7) is 5.90. The zero-order valence-corrected chi connectivity index (χ0v) is 16.4. The first-order valence-electron chi connectivity index (χ1n) is 8.94. The van der Waals surface area contributed by atoms with E-state index in [9.17, 15) is 4.79 Å². The summed E-state index contributed by atoms with van der Waals surface area (Å²) in [6.07, 6.45) is 9.85. The van der Waals surface area contributed by atoms with Crippen molar-refractivity contribution in [3.05, 3.63) is 64.9 Å². The molecule has 0 aliphatic heterocycles. The zero-order valence-electron chi connectivity index (χ0n) is 15.6. The number of hydrogen-bond donors (Lipinski definition) is 1. The van der Waals surface area contributed by atoms with Gasteiger partial charge in [0.1, 0.15) is 5.01 Å². The zero-order chi connectivity index (χ0) is 19.1. The number of thiazole rings is 1. The predicted octanol–water partition coefficient (Wildman–Crippen LogP) is 3.41. The number of pyridine rings is 1. The molecule has 7 nitrogen and oxygen atoms in total. The number of carbonyl (C=O) groups is 1. The topological polar surface area (TPSA) is 75.9 Å². The fourth-order valence-electron chi connectivity index (χ4n) is 2.74. The van der Waals surface area contributed by atoms with Gasteiger partial charge in [-0.05, 0) is 31.9 Å². The van der Waals surface area contributed by atoms with Crippen LogP contribution in [0.5, 0.6) is 0 Å². The van der Waals surface area contributed by atoms with Crippen LogP contribution in [-0.2, 0) is 13.1 Å². The van der Waals surface area contributed by atoms with Crippen LogP contribution in [0.25, 0.3) is 0 Å². The molecule has 0 radical (unpaired) electrons. The average molecular weight is 385 g/mol. The Bertz CT molecular complexity index is 833. The first kappa shape index (κ1) is 19.0. The van der Waals surface area contributed by atoms with Gasteiger partial charge in [0.25, 0.3) is 0 Å². The number of aryl methyl sites for hydroxylation is 2. The van der Waals surface area contributed by atoms with Crippen LogP contribution in [0.2, 0.25) is 0 Å². The Kier molecular flexibility index (Phi) is 6.54. The van der Waals surface area contributed by atoms with E-state index < -0.39 is 0 Å². The lowest BCUT2D eigenvalue weighted by molar-refractivity contribution is 0.190. The van der Waals surface area contributed by atoms with Gasteiger partial charge in [0.05, 0.1) is 12.4 Å². The lowest BCUT2D eigenvalue weighted by Crippen LogP contribution is -2.41. The van der Waals surface area contributed by atoms with Crippen molar-refractivity contribution in [2.75, 3.05) is 6.54 Å². The molecule has 0 saturated carbocycles. The van der Waals surface area contributed by atoms with Crippen molar-refractivity contribution in [3.8, 4) is 0 Å². The van der Waals surface area contributed by atoms with Crippen LogP contribution in [0.15, 0.2) is 48.6 Å². The van der Waals surface area contributed by atoms with Gasteiger partial charge in [-0.2, -0.15) is 0 Å². The molecule has 0 aliphatic rings. The maximum atomic E-state index is 12.9. The molecule has 27 heavy (non-hydrogen) atoms. The highest BCUT2D eigenvalue weighted by Crippen LogP contribution is 2.18. The van der Waals surface area contributed by atoms with E-state index in [4.69, 9.17) is 0 Å². The van der Waals surface area contributed by atoms with Gasteiger partial charge >= 0.3 is 6.03 Å². The Labute approximate surface area is 163 Å². The second-order valence-electron chi connectivity index (χ2n) is 6.44. The van der Waals surface area contributed by atoms with Crippen molar-refractivity contribution in [1.29, 1.82) is 0 Å². The third kappa shape index (κ3) is 5.62. The minimum atomic E-state index is -0.124. The van der Waals surface area contributed by atoms with Crippen LogP contribution >= 0.6 is 11.3 Å². The van der Waals surface area contributed by atoms with E-state index in [0.717, 1.165) is 29.2 Å². The van der Waals surface area contributed by atoms with Crippen molar-refractivity contribution >= 4 is 17.4 Å². The third-order valence-corrected chi connectivity index (χ3v) is 5.28. The standard InChI is InChI=1S/C19H24N6OS/c1-15-13-27-18(22-15)16(2)23-19(26)25(12-17-5-3-6-20-11-17)9-4-8-24-10-7-21-14-24/h3,5-7,10-11,13-14,16H,4,8-9,12H2,1-2H3,(H,23,26). The summed E-state index contributed by atoms with van der Waals surface area (Å²) in [7, 11) is 0. The maximum absolute atomic E-state index is 12.9. The molecule has 142 valence electrons.